The standard InChI is InChI=1S/C12H10ClN5O/c13-8-3-1-2-7(4-8)5-14-10-9-11(16-6-15-9)18-12(19)17-10/h1-4,6H,5H2,(H3,14,15,16,17,18,19). The molecule has 0 amide bonds. The van der Waals surface area contributed by atoms with E-state index in [1.165, 1.54) is 6.33 Å². The van der Waals surface area contributed by atoms with Gasteiger partial charge in [0.1, 0.15) is 5.52 Å². The van der Waals surface area contributed by atoms with Crippen LogP contribution in [0.2, 0.25) is 5.02 Å². The Morgan fingerprint density at radius 1 is 1.37 bits per heavy atom. The van der Waals surface area contributed by atoms with E-state index in [1.54, 1.807) is 0 Å². The zero-order chi connectivity index (χ0) is 13.2. The number of hydrogen-bond donors (Lipinski definition) is 3. The average molecular weight is 276 g/mol. The molecule has 96 valence electrons. The van der Waals surface area contributed by atoms with Crippen LogP contribution < -0.4 is 11.0 Å². The van der Waals surface area contributed by atoms with Crippen LogP contribution in [-0.2, 0) is 6.54 Å². The van der Waals surface area contributed by atoms with Crippen molar-refractivity contribution in [2.24, 2.45) is 0 Å². The quantitative estimate of drug-likeness (QED) is 0.681. The minimum absolute atomic E-state index is 0.437. The van der Waals surface area contributed by atoms with Crippen molar-refractivity contribution in [2.75, 3.05) is 5.32 Å². The highest BCUT2D eigenvalue weighted by molar-refractivity contribution is 6.30. The van der Waals surface area contributed by atoms with Gasteiger partial charge in [-0.1, -0.05) is 23.7 Å². The number of aromatic nitrogens is 4. The fraction of sp³-hybridized carbons (Fsp3) is 0.0833. The largest absolute Gasteiger partial charge is 0.364 e. The molecule has 0 saturated carbocycles. The van der Waals surface area contributed by atoms with Gasteiger partial charge in [-0.05, 0) is 17.7 Å². The molecule has 0 aliphatic heterocycles. The molecule has 0 saturated heterocycles. The van der Waals surface area contributed by atoms with Gasteiger partial charge in [0.05, 0.1) is 6.33 Å². The highest BCUT2D eigenvalue weighted by atomic mass is 35.5. The van der Waals surface area contributed by atoms with Crippen molar-refractivity contribution in [1.82, 2.24) is 19.9 Å². The normalized spacial score (nSPS) is 10.8. The summed E-state index contributed by atoms with van der Waals surface area (Å²) in [4.78, 5) is 24.7. The van der Waals surface area contributed by atoms with Gasteiger partial charge in [0, 0.05) is 11.6 Å². The van der Waals surface area contributed by atoms with Gasteiger partial charge in [0.25, 0.3) is 0 Å². The molecule has 0 spiro atoms. The summed E-state index contributed by atoms with van der Waals surface area (Å²) < 4.78 is 0. The van der Waals surface area contributed by atoms with Gasteiger partial charge in [0.15, 0.2) is 11.5 Å². The number of nitrogens with one attached hydrogen (secondary N) is 3. The summed E-state index contributed by atoms with van der Waals surface area (Å²) in [6, 6.07) is 7.47. The van der Waals surface area contributed by atoms with Gasteiger partial charge < -0.3 is 10.3 Å². The molecule has 3 N–H and O–H groups in total. The van der Waals surface area contributed by atoms with Crippen molar-refractivity contribution < 1.29 is 0 Å². The average Bonchev–Trinajstić information content (AvgIpc) is 2.84. The molecule has 1 aromatic carbocycles. The Morgan fingerprint density at radius 3 is 3.11 bits per heavy atom. The highest BCUT2D eigenvalue weighted by Crippen LogP contribution is 2.15. The lowest BCUT2D eigenvalue weighted by atomic mass is 10.2. The molecule has 0 fully saturated rings. The Kier molecular flexibility index (Phi) is 2.92. The smallest absolute Gasteiger partial charge is 0.348 e. The number of aromatic amines is 2. The van der Waals surface area contributed by atoms with E-state index >= 15 is 0 Å². The maximum atomic E-state index is 11.4. The van der Waals surface area contributed by atoms with Gasteiger partial charge in [-0.2, -0.15) is 4.98 Å². The Labute approximate surface area is 112 Å². The first kappa shape index (κ1) is 11.7. The molecular weight excluding hydrogens is 266 g/mol. The third-order valence-corrected chi connectivity index (χ3v) is 2.90. The summed E-state index contributed by atoms with van der Waals surface area (Å²) >= 11 is 5.91. The fourth-order valence-corrected chi connectivity index (χ4v) is 2.03. The van der Waals surface area contributed by atoms with Crippen molar-refractivity contribution in [1.29, 1.82) is 0 Å². The summed E-state index contributed by atoms with van der Waals surface area (Å²) in [7, 11) is 0. The SMILES string of the molecule is O=c1nc(NCc2cccc(Cl)c2)c2[nH]cnc2[nH]1. The zero-order valence-corrected chi connectivity index (χ0v) is 10.5. The molecule has 0 radical (unpaired) electrons. The van der Waals surface area contributed by atoms with Crippen LogP contribution in [0.5, 0.6) is 0 Å². The van der Waals surface area contributed by atoms with Crippen LogP contribution in [0, 0.1) is 0 Å². The number of hydrogen-bond acceptors (Lipinski definition) is 4. The molecule has 3 rings (SSSR count). The predicted octanol–water partition coefficient (Wildman–Crippen LogP) is 1.91. The molecule has 7 heteroatoms. The zero-order valence-electron chi connectivity index (χ0n) is 9.77. The van der Waals surface area contributed by atoms with Crippen LogP contribution >= 0.6 is 11.6 Å². The second kappa shape index (κ2) is 4.74. The van der Waals surface area contributed by atoms with Crippen molar-refractivity contribution in [3.63, 3.8) is 0 Å². The molecule has 6 nitrogen and oxygen atoms in total. The van der Waals surface area contributed by atoms with Gasteiger partial charge in [-0.3, -0.25) is 4.98 Å². The molecule has 19 heavy (non-hydrogen) atoms. The Bertz CT molecular complexity index is 779. The summed E-state index contributed by atoms with van der Waals surface area (Å²) in [6.07, 6.45) is 1.51. The number of anilines is 1. The number of fused-ring (bicyclic) bond motifs is 1. The van der Waals surface area contributed by atoms with E-state index in [9.17, 15) is 4.79 Å². The first-order valence-corrected chi connectivity index (χ1v) is 6.02. The third kappa shape index (κ3) is 2.43. The van der Waals surface area contributed by atoms with Crippen LogP contribution in [0.4, 0.5) is 5.82 Å². The van der Waals surface area contributed by atoms with Crippen molar-refractivity contribution in [2.45, 2.75) is 6.54 Å². The molecular formula is C12H10ClN5O. The van der Waals surface area contributed by atoms with Crippen molar-refractivity contribution >= 4 is 28.6 Å². The number of imidazole rings is 1. The summed E-state index contributed by atoms with van der Waals surface area (Å²) in [5.74, 6) is 0.469. The van der Waals surface area contributed by atoms with Crippen LogP contribution in [0.25, 0.3) is 11.2 Å². The van der Waals surface area contributed by atoms with Crippen LogP contribution in [0.1, 0.15) is 5.56 Å². The van der Waals surface area contributed by atoms with Crippen LogP contribution in [0.3, 0.4) is 0 Å². The van der Waals surface area contributed by atoms with Gasteiger partial charge >= 0.3 is 5.69 Å². The topological polar surface area (TPSA) is 86.5 Å². The molecule has 2 heterocycles. The Morgan fingerprint density at radius 2 is 2.26 bits per heavy atom. The molecule has 0 aliphatic carbocycles. The molecule has 0 aliphatic rings. The Hall–Kier alpha value is -2.34. The second-order valence-corrected chi connectivity index (χ2v) is 4.44. The summed E-state index contributed by atoms with van der Waals surface area (Å²) in [5, 5.41) is 3.77. The van der Waals surface area contributed by atoms with Gasteiger partial charge in [0.2, 0.25) is 0 Å². The van der Waals surface area contributed by atoms with Gasteiger partial charge in [-0.25, -0.2) is 9.78 Å². The number of nitrogens with zero attached hydrogens (tertiary/aromatic N) is 2. The van der Waals surface area contributed by atoms with E-state index in [4.69, 9.17) is 11.6 Å². The fourth-order valence-electron chi connectivity index (χ4n) is 1.82. The van der Waals surface area contributed by atoms with Crippen LogP contribution in [0.15, 0.2) is 35.4 Å². The van der Waals surface area contributed by atoms with E-state index < -0.39 is 5.69 Å². The summed E-state index contributed by atoms with van der Waals surface area (Å²) in [5.41, 5.74) is 1.71. The number of rotatable bonds is 3. The number of benzene rings is 1. The molecule has 0 atom stereocenters. The maximum absolute atomic E-state index is 11.4. The molecule has 3 aromatic rings. The molecule has 0 unspecified atom stereocenters. The first-order valence-electron chi connectivity index (χ1n) is 5.64. The van der Waals surface area contributed by atoms with E-state index in [1.807, 2.05) is 24.3 Å². The second-order valence-electron chi connectivity index (χ2n) is 4.00. The van der Waals surface area contributed by atoms with E-state index in [0.717, 1.165) is 5.56 Å². The number of halogens is 1. The lowest BCUT2D eigenvalue weighted by Gasteiger charge is -2.06. The lowest BCUT2D eigenvalue weighted by molar-refractivity contribution is 1.06. The predicted molar refractivity (Wildman–Crippen MR) is 73.3 cm³/mol. The lowest BCUT2D eigenvalue weighted by Crippen LogP contribution is -2.14. The summed E-state index contributed by atoms with van der Waals surface area (Å²) in [6.45, 7) is 0.519. The molecule has 0 bridgehead atoms. The van der Waals surface area contributed by atoms with Gasteiger partial charge in [-0.15, -0.1) is 0 Å². The van der Waals surface area contributed by atoms with E-state index in [2.05, 4.69) is 25.3 Å². The minimum Gasteiger partial charge on any atom is -0.364 e. The van der Waals surface area contributed by atoms with Crippen molar-refractivity contribution in [3.8, 4) is 0 Å². The van der Waals surface area contributed by atoms with Crippen LogP contribution in [-0.4, -0.2) is 19.9 Å². The number of H-pyrrole nitrogens is 2. The van der Waals surface area contributed by atoms with E-state index in [-0.39, 0.29) is 0 Å². The molecule has 2 aromatic heterocycles. The van der Waals surface area contributed by atoms with Crippen molar-refractivity contribution in [3.05, 3.63) is 51.7 Å². The van der Waals surface area contributed by atoms with E-state index in [0.29, 0.717) is 28.5 Å². The third-order valence-electron chi connectivity index (χ3n) is 2.66. The first-order chi connectivity index (χ1) is 9.22. The monoisotopic (exact) mass is 275 g/mol. The minimum atomic E-state index is -0.437. The Balaban J connectivity index is 1.89. The highest BCUT2D eigenvalue weighted by Gasteiger charge is 2.06. The maximum Gasteiger partial charge on any atom is 0.348 e.